The van der Waals surface area contributed by atoms with E-state index >= 15 is 0 Å². The van der Waals surface area contributed by atoms with Gasteiger partial charge in [-0.15, -0.1) is 0 Å². The zero-order valence-corrected chi connectivity index (χ0v) is 13.8. The van der Waals surface area contributed by atoms with E-state index in [0.29, 0.717) is 36.6 Å². The van der Waals surface area contributed by atoms with Gasteiger partial charge in [-0.25, -0.2) is 4.39 Å². The summed E-state index contributed by atoms with van der Waals surface area (Å²) in [5.41, 5.74) is -0.159. The van der Waals surface area contributed by atoms with Gasteiger partial charge >= 0.3 is 0 Å². The predicted octanol–water partition coefficient (Wildman–Crippen LogP) is 3.58. The lowest BCUT2D eigenvalue weighted by molar-refractivity contribution is -0.131. The quantitative estimate of drug-likeness (QED) is 0.789. The average Bonchev–Trinajstić information content (AvgIpc) is 3.39. The fraction of sp³-hybridized carbons (Fsp3) is 0.263. The SMILES string of the molecule is CCOc1ccc(NC(=O)C2(C(=O)Nc3cccc(F)c3)CC2)cc1. The van der Waals surface area contributed by atoms with E-state index in [-0.39, 0.29) is 5.91 Å². The third-order valence-corrected chi connectivity index (χ3v) is 4.12. The molecule has 0 aromatic heterocycles. The van der Waals surface area contributed by atoms with E-state index in [1.54, 1.807) is 30.3 Å². The van der Waals surface area contributed by atoms with Crippen LogP contribution in [0.4, 0.5) is 15.8 Å². The van der Waals surface area contributed by atoms with Crippen molar-refractivity contribution >= 4 is 23.2 Å². The fourth-order valence-corrected chi connectivity index (χ4v) is 2.55. The molecule has 6 heteroatoms. The second kappa shape index (κ2) is 6.93. The molecule has 0 heterocycles. The van der Waals surface area contributed by atoms with Crippen LogP contribution in [-0.2, 0) is 9.59 Å². The first-order valence-electron chi connectivity index (χ1n) is 8.15. The molecule has 0 spiro atoms. The molecule has 0 unspecified atom stereocenters. The first kappa shape index (κ1) is 17.0. The van der Waals surface area contributed by atoms with E-state index in [1.165, 1.54) is 18.2 Å². The Morgan fingerprint density at radius 3 is 2.24 bits per heavy atom. The number of hydrogen-bond acceptors (Lipinski definition) is 3. The lowest BCUT2D eigenvalue weighted by Gasteiger charge is -2.15. The third-order valence-electron chi connectivity index (χ3n) is 4.12. The number of nitrogens with one attached hydrogen (secondary N) is 2. The molecule has 1 aliphatic rings. The molecule has 0 aliphatic heterocycles. The maximum Gasteiger partial charge on any atom is 0.240 e. The highest BCUT2D eigenvalue weighted by atomic mass is 19.1. The van der Waals surface area contributed by atoms with Gasteiger partial charge in [0.1, 0.15) is 17.0 Å². The minimum absolute atomic E-state index is 0.338. The summed E-state index contributed by atoms with van der Waals surface area (Å²) in [6.07, 6.45) is 0.939. The molecular formula is C19H19FN2O3. The van der Waals surface area contributed by atoms with Gasteiger partial charge in [0.15, 0.2) is 0 Å². The van der Waals surface area contributed by atoms with Crippen molar-refractivity contribution in [2.45, 2.75) is 19.8 Å². The van der Waals surface area contributed by atoms with E-state index in [9.17, 15) is 14.0 Å². The summed E-state index contributed by atoms with van der Waals surface area (Å²) in [6, 6.07) is 12.6. The molecule has 130 valence electrons. The monoisotopic (exact) mass is 342 g/mol. The van der Waals surface area contributed by atoms with E-state index in [0.717, 1.165) is 0 Å². The summed E-state index contributed by atoms with van der Waals surface area (Å²) in [4.78, 5) is 25.0. The summed E-state index contributed by atoms with van der Waals surface area (Å²) >= 11 is 0. The van der Waals surface area contributed by atoms with Crippen molar-refractivity contribution in [3.63, 3.8) is 0 Å². The van der Waals surface area contributed by atoms with Crippen LogP contribution in [0, 0.1) is 11.2 Å². The molecule has 2 amide bonds. The smallest absolute Gasteiger partial charge is 0.240 e. The topological polar surface area (TPSA) is 67.4 Å². The number of benzene rings is 2. The molecule has 1 aliphatic carbocycles. The van der Waals surface area contributed by atoms with E-state index in [1.807, 2.05) is 6.92 Å². The molecule has 5 nitrogen and oxygen atoms in total. The Kier molecular flexibility index (Phi) is 4.70. The lowest BCUT2D eigenvalue weighted by Crippen LogP contribution is -2.35. The Balaban J connectivity index is 1.65. The van der Waals surface area contributed by atoms with Crippen molar-refractivity contribution < 1.29 is 18.7 Å². The Bertz CT molecular complexity index is 786. The lowest BCUT2D eigenvalue weighted by atomic mass is 10.0. The van der Waals surface area contributed by atoms with Gasteiger partial charge in [-0.2, -0.15) is 0 Å². The highest BCUT2D eigenvalue weighted by Gasteiger charge is 2.56. The molecule has 25 heavy (non-hydrogen) atoms. The van der Waals surface area contributed by atoms with Crippen molar-refractivity contribution in [2.24, 2.45) is 5.41 Å². The molecule has 1 saturated carbocycles. The summed E-state index contributed by atoms with van der Waals surface area (Å²) < 4.78 is 18.6. The second-order valence-electron chi connectivity index (χ2n) is 5.96. The van der Waals surface area contributed by atoms with Gasteiger partial charge in [0, 0.05) is 11.4 Å². The van der Waals surface area contributed by atoms with Crippen LogP contribution in [0.25, 0.3) is 0 Å². The maximum atomic E-state index is 13.2. The van der Waals surface area contributed by atoms with Crippen LogP contribution in [-0.4, -0.2) is 18.4 Å². The first-order chi connectivity index (χ1) is 12.0. The number of ether oxygens (including phenoxy) is 1. The molecule has 2 N–H and O–H groups in total. The number of rotatable bonds is 6. The molecule has 1 fully saturated rings. The number of anilines is 2. The predicted molar refractivity (Wildman–Crippen MR) is 92.9 cm³/mol. The van der Waals surface area contributed by atoms with Crippen LogP contribution in [0.5, 0.6) is 5.75 Å². The number of carbonyl (C=O) groups excluding carboxylic acids is 2. The number of carbonyl (C=O) groups is 2. The zero-order chi connectivity index (χ0) is 17.9. The van der Waals surface area contributed by atoms with Crippen molar-refractivity contribution in [2.75, 3.05) is 17.2 Å². The zero-order valence-electron chi connectivity index (χ0n) is 13.8. The average molecular weight is 342 g/mol. The minimum atomic E-state index is -1.09. The standard InChI is InChI=1S/C19H19FN2O3/c1-2-25-16-8-6-14(7-9-16)21-17(23)19(10-11-19)18(24)22-15-5-3-4-13(20)12-15/h3-9,12H,2,10-11H2,1H3,(H,21,23)(H,22,24). The summed E-state index contributed by atoms with van der Waals surface area (Å²) in [7, 11) is 0. The van der Waals surface area contributed by atoms with Crippen LogP contribution in [0.1, 0.15) is 19.8 Å². The van der Waals surface area contributed by atoms with Gasteiger partial charge in [-0.3, -0.25) is 9.59 Å². The third kappa shape index (κ3) is 3.79. The second-order valence-corrected chi connectivity index (χ2v) is 5.96. The van der Waals surface area contributed by atoms with Gasteiger partial charge in [-0.05, 0) is 62.2 Å². The Hall–Kier alpha value is -2.89. The Morgan fingerprint density at radius 1 is 1.04 bits per heavy atom. The summed E-state index contributed by atoms with van der Waals surface area (Å²) in [5, 5.41) is 5.38. The summed E-state index contributed by atoms with van der Waals surface area (Å²) in [6.45, 7) is 2.46. The number of halogens is 1. The number of amides is 2. The van der Waals surface area contributed by atoms with Crippen LogP contribution in [0.3, 0.4) is 0 Å². The van der Waals surface area contributed by atoms with Crippen LogP contribution in [0.15, 0.2) is 48.5 Å². The maximum absolute atomic E-state index is 13.2. The molecular weight excluding hydrogens is 323 g/mol. The molecule has 0 atom stereocenters. The first-order valence-corrected chi connectivity index (χ1v) is 8.15. The van der Waals surface area contributed by atoms with Gasteiger partial charge < -0.3 is 15.4 Å². The molecule has 3 rings (SSSR count). The van der Waals surface area contributed by atoms with Gasteiger partial charge in [0.25, 0.3) is 0 Å². The normalized spacial score (nSPS) is 14.5. The number of hydrogen-bond donors (Lipinski definition) is 2. The van der Waals surface area contributed by atoms with E-state index in [2.05, 4.69) is 10.6 Å². The minimum Gasteiger partial charge on any atom is -0.494 e. The molecule has 0 bridgehead atoms. The van der Waals surface area contributed by atoms with Crippen LogP contribution < -0.4 is 15.4 Å². The highest BCUT2D eigenvalue weighted by molar-refractivity contribution is 6.16. The van der Waals surface area contributed by atoms with Gasteiger partial charge in [0.2, 0.25) is 11.8 Å². The van der Waals surface area contributed by atoms with Gasteiger partial charge in [-0.1, -0.05) is 6.07 Å². The molecule has 0 saturated heterocycles. The molecule has 2 aromatic rings. The summed E-state index contributed by atoms with van der Waals surface area (Å²) in [5.74, 6) is -0.501. The van der Waals surface area contributed by atoms with Crippen molar-refractivity contribution in [1.82, 2.24) is 0 Å². The fourth-order valence-electron chi connectivity index (χ4n) is 2.55. The Labute approximate surface area is 145 Å². The highest BCUT2D eigenvalue weighted by Crippen LogP contribution is 2.47. The van der Waals surface area contributed by atoms with E-state index < -0.39 is 17.1 Å². The van der Waals surface area contributed by atoms with Crippen LogP contribution >= 0.6 is 0 Å². The largest absolute Gasteiger partial charge is 0.494 e. The van der Waals surface area contributed by atoms with Gasteiger partial charge in [0.05, 0.1) is 6.61 Å². The van der Waals surface area contributed by atoms with Crippen molar-refractivity contribution in [3.05, 3.63) is 54.3 Å². The molecule has 2 aromatic carbocycles. The van der Waals surface area contributed by atoms with Crippen molar-refractivity contribution in [3.8, 4) is 5.75 Å². The van der Waals surface area contributed by atoms with Crippen LogP contribution in [0.2, 0.25) is 0 Å². The van der Waals surface area contributed by atoms with E-state index in [4.69, 9.17) is 4.74 Å². The molecule has 0 radical (unpaired) electrons. The van der Waals surface area contributed by atoms with Crippen molar-refractivity contribution in [1.29, 1.82) is 0 Å². The Morgan fingerprint density at radius 2 is 1.68 bits per heavy atom.